The lowest BCUT2D eigenvalue weighted by molar-refractivity contribution is 0.102. The summed E-state index contributed by atoms with van der Waals surface area (Å²) in [5, 5.41) is 15.5. The van der Waals surface area contributed by atoms with Crippen LogP contribution in [0.25, 0.3) is 10.9 Å². The first-order chi connectivity index (χ1) is 12.1. The largest absolute Gasteiger partial charge is 0.351 e. The zero-order valence-electron chi connectivity index (χ0n) is 13.2. The second kappa shape index (κ2) is 6.10. The maximum atomic E-state index is 13.0. The maximum absolute atomic E-state index is 13.0. The first kappa shape index (κ1) is 15.5. The molecule has 0 bridgehead atoms. The molecule has 0 fully saturated rings. The number of aromatic nitrogens is 6. The summed E-state index contributed by atoms with van der Waals surface area (Å²) in [6.45, 7) is 1.92. The number of H-pyrrole nitrogens is 2. The van der Waals surface area contributed by atoms with Crippen LogP contribution in [0.5, 0.6) is 0 Å². The minimum absolute atomic E-state index is 0.186. The van der Waals surface area contributed by atoms with Crippen LogP contribution in [0.2, 0.25) is 5.02 Å². The summed E-state index contributed by atoms with van der Waals surface area (Å²) < 4.78 is 0. The number of hydrogen-bond acceptors (Lipinski definition) is 5. The molecule has 0 aliphatic rings. The molecular formula is C17H13ClN6O. The van der Waals surface area contributed by atoms with Crippen LogP contribution in [-0.4, -0.2) is 36.4 Å². The van der Waals surface area contributed by atoms with Crippen LogP contribution in [0.4, 0.5) is 0 Å². The van der Waals surface area contributed by atoms with E-state index < -0.39 is 0 Å². The maximum Gasteiger partial charge on any atom is 0.227 e. The zero-order valence-corrected chi connectivity index (χ0v) is 14.0. The minimum Gasteiger partial charge on any atom is -0.351 e. The van der Waals surface area contributed by atoms with E-state index in [4.69, 9.17) is 11.6 Å². The van der Waals surface area contributed by atoms with Crippen molar-refractivity contribution in [2.75, 3.05) is 0 Å². The molecule has 1 aromatic carbocycles. The van der Waals surface area contributed by atoms with Crippen molar-refractivity contribution in [2.45, 2.75) is 13.3 Å². The SMILES string of the molecule is Cc1ccnc(C(=O)c2[nH]c3cc(Cl)ccc3c2Cc2nn[nH]n2)c1. The number of ketones is 1. The third kappa shape index (κ3) is 2.89. The molecule has 4 rings (SSSR count). The van der Waals surface area contributed by atoms with E-state index in [-0.39, 0.29) is 5.78 Å². The van der Waals surface area contributed by atoms with Crippen molar-refractivity contribution in [1.29, 1.82) is 0 Å². The minimum atomic E-state index is -0.186. The Kier molecular flexibility index (Phi) is 3.77. The van der Waals surface area contributed by atoms with Gasteiger partial charge in [-0.2, -0.15) is 5.21 Å². The van der Waals surface area contributed by atoms with E-state index >= 15 is 0 Å². The van der Waals surface area contributed by atoms with Crippen molar-refractivity contribution in [3.05, 3.63) is 69.9 Å². The first-order valence-electron chi connectivity index (χ1n) is 7.61. The number of nitrogens with zero attached hydrogens (tertiary/aromatic N) is 4. The number of carbonyl (C=O) groups is 1. The molecule has 0 amide bonds. The molecule has 4 aromatic rings. The summed E-state index contributed by atoms with van der Waals surface area (Å²) in [4.78, 5) is 20.4. The number of aromatic amines is 2. The number of nitrogens with one attached hydrogen (secondary N) is 2. The van der Waals surface area contributed by atoms with Crippen LogP contribution in [0.15, 0.2) is 36.5 Å². The molecule has 0 aliphatic carbocycles. The number of aryl methyl sites for hydroxylation is 1. The predicted molar refractivity (Wildman–Crippen MR) is 92.7 cm³/mol. The summed E-state index contributed by atoms with van der Waals surface area (Å²) in [6, 6.07) is 9.07. The highest BCUT2D eigenvalue weighted by molar-refractivity contribution is 6.31. The van der Waals surface area contributed by atoms with Gasteiger partial charge < -0.3 is 4.98 Å². The van der Waals surface area contributed by atoms with Gasteiger partial charge in [-0.05, 0) is 42.3 Å². The summed E-state index contributed by atoms with van der Waals surface area (Å²) >= 11 is 6.08. The Morgan fingerprint density at radius 3 is 2.88 bits per heavy atom. The first-order valence-corrected chi connectivity index (χ1v) is 7.99. The normalized spacial score (nSPS) is 11.1. The van der Waals surface area contributed by atoms with Crippen molar-refractivity contribution in [3.63, 3.8) is 0 Å². The lowest BCUT2D eigenvalue weighted by Crippen LogP contribution is -2.08. The third-order valence-electron chi connectivity index (χ3n) is 3.97. The number of tetrazole rings is 1. The van der Waals surface area contributed by atoms with Crippen LogP contribution >= 0.6 is 11.6 Å². The van der Waals surface area contributed by atoms with Gasteiger partial charge in [-0.1, -0.05) is 22.9 Å². The van der Waals surface area contributed by atoms with Crippen LogP contribution in [0, 0.1) is 6.92 Å². The summed E-state index contributed by atoms with van der Waals surface area (Å²) in [5.74, 6) is 0.316. The number of fused-ring (bicyclic) bond motifs is 1. The average molecular weight is 353 g/mol. The number of rotatable bonds is 4. The van der Waals surface area contributed by atoms with E-state index in [1.54, 1.807) is 24.4 Å². The smallest absolute Gasteiger partial charge is 0.227 e. The van der Waals surface area contributed by atoms with Gasteiger partial charge >= 0.3 is 0 Å². The van der Waals surface area contributed by atoms with E-state index in [0.29, 0.717) is 28.7 Å². The van der Waals surface area contributed by atoms with E-state index in [0.717, 1.165) is 22.0 Å². The Hall–Kier alpha value is -3.06. The van der Waals surface area contributed by atoms with Crippen molar-refractivity contribution in [1.82, 2.24) is 30.6 Å². The number of pyridine rings is 1. The van der Waals surface area contributed by atoms with Crippen LogP contribution in [0.1, 0.15) is 33.1 Å². The lowest BCUT2D eigenvalue weighted by atomic mass is 10.0. The van der Waals surface area contributed by atoms with Gasteiger partial charge in [-0.3, -0.25) is 9.78 Å². The van der Waals surface area contributed by atoms with Gasteiger partial charge in [0, 0.05) is 28.5 Å². The van der Waals surface area contributed by atoms with E-state index in [1.165, 1.54) is 0 Å². The Labute approximate surface area is 147 Å². The molecule has 7 nitrogen and oxygen atoms in total. The predicted octanol–water partition coefficient (Wildman–Crippen LogP) is 2.86. The Bertz CT molecular complexity index is 1070. The highest BCUT2D eigenvalue weighted by Crippen LogP contribution is 2.28. The van der Waals surface area contributed by atoms with Gasteiger partial charge in [0.25, 0.3) is 0 Å². The zero-order chi connectivity index (χ0) is 17.4. The Balaban J connectivity index is 1.88. The molecule has 0 saturated heterocycles. The summed E-state index contributed by atoms with van der Waals surface area (Å²) in [6.07, 6.45) is 1.99. The Morgan fingerprint density at radius 2 is 2.12 bits per heavy atom. The number of benzene rings is 1. The molecular weight excluding hydrogens is 340 g/mol. The number of halogens is 1. The van der Waals surface area contributed by atoms with Crippen molar-refractivity contribution in [2.24, 2.45) is 0 Å². The molecule has 0 unspecified atom stereocenters. The van der Waals surface area contributed by atoms with Gasteiger partial charge in [0.1, 0.15) is 5.69 Å². The molecule has 2 N–H and O–H groups in total. The number of carbonyl (C=O) groups excluding carboxylic acids is 1. The summed E-state index contributed by atoms with van der Waals surface area (Å²) in [7, 11) is 0. The monoisotopic (exact) mass is 352 g/mol. The fourth-order valence-corrected chi connectivity index (χ4v) is 2.98. The molecule has 8 heteroatoms. The lowest BCUT2D eigenvalue weighted by Gasteiger charge is -2.03. The third-order valence-corrected chi connectivity index (χ3v) is 4.20. The van der Waals surface area contributed by atoms with Gasteiger partial charge in [0.2, 0.25) is 5.78 Å². The van der Waals surface area contributed by atoms with Crippen molar-refractivity contribution >= 4 is 28.3 Å². The van der Waals surface area contributed by atoms with Gasteiger partial charge in [-0.25, -0.2) is 0 Å². The fourth-order valence-electron chi connectivity index (χ4n) is 2.81. The van der Waals surface area contributed by atoms with E-state index in [2.05, 4.69) is 30.6 Å². The quantitative estimate of drug-likeness (QED) is 0.550. The molecule has 25 heavy (non-hydrogen) atoms. The topological polar surface area (TPSA) is 100 Å². The van der Waals surface area contributed by atoms with Gasteiger partial charge in [0.15, 0.2) is 5.82 Å². The standard InChI is InChI=1S/C17H13ClN6O/c1-9-4-5-19-14(6-9)17(25)16-12(8-15-21-23-24-22-15)11-3-2-10(18)7-13(11)20-16/h2-7,20H,8H2,1H3,(H,21,22,23,24). The fraction of sp³-hybridized carbons (Fsp3) is 0.118. The van der Waals surface area contributed by atoms with Crippen LogP contribution < -0.4 is 0 Å². The summed E-state index contributed by atoms with van der Waals surface area (Å²) in [5.41, 5.74) is 3.38. The molecule has 0 saturated carbocycles. The second-order valence-electron chi connectivity index (χ2n) is 5.72. The molecule has 0 radical (unpaired) electrons. The van der Waals surface area contributed by atoms with Gasteiger partial charge in [-0.15, -0.1) is 10.2 Å². The van der Waals surface area contributed by atoms with E-state index in [9.17, 15) is 4.79 Å². The Morgan fingerprint density at radius 1 is 1.24 bits per heavy atom. The second-order valence-corrected chi connectivity index (χ2v) is 6.16. The molecule has 0 spiro atoms. The van der Waals surface area contributed by atoms with Crippen molar-refractivity contribution < 1.29 is 4.79 Å². The van der Waals surface area contributed by atoms with Crippen LogP contribution in [0.3, 0.4) is 0 Å². The van der Waals surface area contributed by atoms with Gasteiger partial charge in [0.05, 0.1) is 5.69 Å². The average Bonchev–Trinajstić information content (AvgIpc) is 3.22. The molecule has 124 valence electrons. The van der Waals surface area contributed by atoms with Crippen LogP contribution in [-0.2, 0) is 6.42 Å². The highest BCUT2D eigenvalue weighted by atomic mass is 35.5. The number of hydrogen-bond donors (Lipinski definition) is 2. The molecule has 0 aliphatic heterocycles. The van der Waals surface area contributed by atoms with E-state index in [1.807, 2.05) is 19.1 Å². The molecule has 0 atom stereocenters. The highest BCUT2D eigenvalue weighted by Gasteiger charge is 2.21. The van der Waals surface area contributed by atoms with Crippen molar-refractivity contribution in [3.8, 4) is 0 Å². The molecule has 3 aromatic heterocycles. The molecule has 3 heterocycles.